The molecule has 0 fully saturated rings. The molecule has 2 aromatic heterocycles. The predicted molar refractivity (Wildman–Crippen MR) is 73.4 cm³/mol. The molecule has 3 N–H and O–H groups in total. The van der Waals surface area contributed by atoms with E-state index in [0.717, 1.165) is 16.5 Å². The van der Waals surface area contributed by atoms with Crippen molar-refractivity contribution in [1.29, 1.82) is 0 Å². The van der Waals surface area contributed by atoms with Crippen molar-refractivity contribution in [2.75, 3.05) is 5.73 Å². The van der Waals surface area contributed by atoms with E-state index in [2.05, 4.69) is 10.1 Å². The molecule has 0 saturated heterocycles. The van der Waals surface area contributed by atoms with Crippen LogP contribution in [0.3, 0.4) is 0 Å². The van der Waals surface area contributed by atoms with Gasteiger partial charge < -0.3 is 10.8 Å². The second-order valence-electron chi connectivity index (χ2n) is 4.43. The van der Waals surface area contributed by atoms with Crippen LogP contribution in [0.1, 0.15) is 17.2 Å². The molecule has 1 aromatic carbocycles. The van der Waals surface area contributed by atoms with Crippen LogP contribution in [0.2, 0.25) is 0 Å². The van der Waals surface area contributed by atoms with Crippen LogP contribution in [0.15, 0.2) is 42.7 Å². The van der Waals surface area contributed by atoms with Gasteiger partial charge in [0.2, 0.25) is 0 Å². The predicted octanol–water partition coefficient (Wildman–Crippen LogP) is 1.63. The zero-order valence-corrected chi connectivity index (χ0v) is 10.5. The van der Waals surface area contributed by atoms with E-state index < -0.39 is 6.10 Å². The van der Waals surface area contributed by atoms with Crippen LogP contribution in [-0.2, 0) is 7.05 Å². The summed E-state index contributed by atoms with van der Waals surface area (Å²) in [6, 6.07) is 9.55. The summed E-state index contributed by atoms with van der Waals surface area (Å²) in [4.78, 5) is 4.34. The SMILES string of the molecule is Cn1ncc(C(O)c2cccc3cccnc23)c1N. The van der Waals surface area contributed by atoms with Gasteiger partial charge in [0.05, 0.1) is 11.7 Å². The molecule has 19 heavy (non-hydrogen) atoms. The molecule has 5 nitrogen and oxygen atoms in total. The van der Waals surface area contributed by atoms with Gasteiger partial charge in [0.1, 0.15) is 11.9 Å². The third-order valence-electron chi connectivity index (χ3n) is 3.27. The highest BCUT2D eigenvalue weighted by Gasteiger charge is 2.19. The first-order valence-electron chi connectivity index (χ1n) is 5.97. The molecule has 2 heterocycles. The number of anilines is 1. The first-order valence-corrected chi connectivity index (χ1v) is 5.97. The van der Waals surface area contributed by atoms with E-state index >= 15 is 0 Å². The van der Waals surface area contributed by atoms with Gasteiger partial charge in [-0.1, -0.05) is 24.3 Å². The van der Waals surface area contributed by atoms with E-state index in [0.29, 0.717) is 11.4 Å². The van der Waals surface area contributed by atoms with Crippen molar-refractivity contribution in [1.82, 2.24) is 14.8 Å². The van der Waals surface area contributed by atoms with Gasteiger partial charge in [0, 0.05) is 29.8 Å². The highest BCUT2D eigenvalue weighted by molar-refractivity contribution is 5.82. The minimum atomic E-state index is -0.827. The molecular formula is C14H14N4O. The van der Waals surface area contributed by atoms with E-state index in [1.807, 2.05) is 30.3 Å². The monoisotopic (exact) mass is 254 g/mol. The lowest BCUT2D eigenvalue weighted by Crippen LogP contribution is -2.05. The number of nitrogens with zero attached hydrogens (tertiary/aromatic N) is 3. The van der Waals surface area contributed by atoms with E-state index in [1.54, 1.807) is 19.4 Å². The van der Waals surface area contributed by atoms with E-state index in [1.165, 1.54) is 4.68 Å². The molecule has 5 heteroatoms. The topological polar surface area (TPSA) is 77.0 Å². The van der Waals surface area contributed by atoms with Crippen molar-refractivity contribution in [3.8, 4) is 0 Å². The zero-order valence-electron chi connectivity index (χ0n) is 10.5. The average Bonchev–Trinajstić information content (AvgIpc) is 2.78. The van der Waals surface area contributed by atoms with Crippen molar-refractivity contribution in [2.45, 2.75) is 6.10 Å². The summed E-state index contributed by atoms with van der Waals surface area (Å²) in [7, 11) is 1.74. The second-order valence-corrected chi connectivity index (χ2v) is 4.43. The molecule has 0 aliphatic carbocycles. The fraction of sp³-hybridized carbons (Fsp3) is 0.143. The van der Waals surface area contributed by atoms with Gasteiger partial charge in [-0.15, -0.1) is 0 Å². The van der Waals surface area contributed by atoms with Crippen molar-refractivity contribution in [2.24, 2.45) is 7.05 Å². The van der Waals surface area contributed by atoms with Crippen LogP contribution in [0.4, 0.5) is 5.82 Å². The summed E-state index contributed by atoms with van der Waals surface area (Å²) < 4.78 is 1.54. The average molecular weight is 254 g/mol. The summed E-state index contributed by atoms with van der Waals surface area (Å²) in [5.74, 6) is 0.459. The van der Waals surface area contributed by atoms with Gasteiger partial charge in [-0.05, 0) is 6.07 Å². The molecular weight excluding hydrogens is 240 g/mol. The fourth-order valence-electron chi connectivity index (χ4n) is 2.19. The number of pyridine rings is 1. The first kappa shape index (κ1) is 11.7. The highest BCUT2D eigenvalue weighted by atomic mass is 16.3. The highest BCUT2D eigenvalue weighted by Crippen LogP contribution is 2.30. The third-order valence-corrected chi connectivity index (χ3v) is 3.27. The Hall–Kier alpha value is -2.40. The molecule has 0 saturated carbocycles. The Kier molecular flexibility index (Phi) is 2.68. The number of nitrogens with two attached hydrogens (primary N) is 1. The standard InChI is InChI=1S/C14H14N4O/c1-18-14(15)11(8-17-18)13(19)10-6-2-4-9-5-3-7-16-12(9)10/h2-8,13,19H,15H2,1H3. The Labute approximate surface area is 110 Å². The van der Waals surface area contributed by atoms with E-state index in [9.17, 15) is 5.11 Å². The molecule has 0 aliphatic rings. The number of aromatic nitrogens is 3. The fourth-order valence-corrected chi connectivity index (χ4v) is 2.19. The van der Waals surface area contributed by atoms with E-state index in [4.69, 9.17) is 5.73 Å². The molecule has 0 radical (unpaired) electrons. The van der Waals surface area contributed by atoms with Crippen molar-refractivity contribution in [3.05, 3.63) is 53.9 Å². The summed E-state index contributed by atoms with van der Waals surface area (Å²) in [5.41, 5.74) is 8.02. The van der Waals surface area contributed by atoms with Crippen LogP contribution in [0.5, 0.6) is 0 Å². The van der Waals surface area contributed by atoms with Crippen LogP contribution in [0.25, 0.3) is 10.9 Å². The van der Waals surface area contributed by atoms with Crippen molar-refractivity contribution < 1.29 is 5.11 Å². The Bertz CT molecular complexity index is 730. The molecule has 0 amide bonds. The van der Waals surface area contributed by atoms with Gasteiger partial charge in [-0.3, -0.25) is 9.67 Å². The number of aliphatic hydroxyl groups excluding tert-OH is 1. The molecule has 96 valence electrons. The maximum Gasteiger partial charge on any atom is 0.127 e. The van der Waals surface area contributed by atoms with Crippen molar-refractivity contribution >= 4 is 16.7 Å². The summed E-state index contributed by atoms with van der Waals surface area (Å²) in [6.45, 7) is 0. The van der Waals surface area contributed by atoms with Gasteiger partial charge in [-0.25, -0.2) is 0 Å². The van der Waals surface area contributed by atoms with Crippen LogP contribution < -0.4 is 5.73 Å². The summed E-state index contributed by atoms with van der Waals surface area (Å²) in [5, 5.41) is 15.6. The number of para-hydroxylation sites is 1. The zero-order chi connectivity index (χ0) is 13.4. The number of aliphatic hydroxyl groups is 1. The molecule has 3 rings (SSSR count). The van der Waals surface area contributed by atoms with Gasteiger partial charge >= 0.3 is 0 Å². The Morgan fingerprint density at radius 3 is 2.74 bits per heavy atom. The Morgan fingerprint density at radius 1 is 1.21 bits per heavy atom. The first-order chi connectivity index (χ1) is 9.18. The molecule has 1 unspecified atom stereocenters. The quantitative estimate of drug-likeness (QED) is 0.728. The van der Waals surface area contributed by atoms with E-state index in [-0.39, 0.29) is 0 Å². The Balaban J connectivity index is 2.17. The lowest BCUT2D eigenvalue weighted by molar-refractivity contribution is 0.222. The minimum Gasteiger partial charge on any atom is -0.384 e. The molecule has 3 aromatic rings. The third kappa shape index (κ3) is 1.84. The Morgan fingerprint density at radius 2 is 2.00 bits per heavy atom. The normalized spacial score (nSPS) is 12.7. The van der Waals surface area contributed by atoms with Gasteiger partial charge in [0.25, 0.3) is 0 Å². The van der Waals surface area contributed by atoms with Crippen LogP contribution in [0, 0.1) is 0 Å². The largest absolute Gasteiger partial charge is 0.384 e. The number of hydrogen-bond acceptors (Lipinski definition) is 4. The molecule has 1 atom stereocenters. The van der Waals surface area contributed by atoms with Crippen LogP contribution in [-0.4, -0.2) is 19.9 Å². The lowest BCUT2D eigenvalue weighted by atomic mass is 10.0. The number of rotatable bonds is 2. The smallest absolute Gasteiger partial charge is 0.127 e. The van der Waals surface area contributed by atoms with Gasteiger partial charge in [0.15, 0.2) is 0 Å². The summed E-state index contributed by atoms with van der Waals surface area (Å²) in [6.07, 6.45) is 2.47. The molecule has 0 bridgehead atoms. The minimum absolute atomic E-state index is 0.459. The van der Waals surface area contributed by atoms with Crippen LogP contribution >= 0.6 is 0 Å². The lowest BCUT2D eigenvalue weighted by Gasteiger charge is -2.12. The number of hydrogen-bond donors (Lipinski definition) is 2. The second kappa shape index (κ2) is 4.37. The molecule has 0 aliphatic heterocycles. The summed E-state index contributed by atoms with van der Waals surface area (Å²) >= 11 is 0. The van der Waals surface area contributed by atoms with Crippen molar-refractivity contribution in [3.63, 3.8) is 0 Å². The number of aryl methyl sites for hydroxylation is 1. The molecule has 0 spiro atoms. The maximum atomic E-state index is 10.5. The number of fused-ring (bicyclic) bond motifs is 1. The number of benzene rings is 1. The number of nitrogen functional groups attached to an aromatic ring is 1. The van der Waals surface area contributed by atoms with Gasteiger partial charge in [-0.2, -0.15) is 5.10 Å². The maximum absolute atomic E-state index is 10.5.